The number of methoxy groups -OCH3 is 1. The first-order valence-electron chi connectivity index (χ1n) is 7.41. The summed E-state index contributed by atoms with van der Waals surface area (Å²) in [5, 5.41) is 21.6. The molecule has 0 aromatic heterocycles. The molecule has 118 valence electrons. The number of hydrogen-bond acceptors (Lipinski definition) is 4. The molecule has 0 bridgehead atoms. The Morgan fingerprint density at radius 1 is 1.26 bits per heavy atom. The van der Waals surface area contributed by atoms with Crippen LogP contribution in [0.1, 0.15) is 22.7 Å². The van der Waals surface area contributed by atoms with Crippen molar-refractivity contribution in [3.63, 3.8) is 0 Å². The fraction of sp³-hybridized carbons (Fsp3) is 0.211. The average Bonchev–Trinajstić information content (AvgIpc) is 2.62. The zero-order valence-electron chi connectivity index (χ0n) is 13.1. The summed E-state index contributed by atoms with van der Waals surface area (Å²) in [6, 6.07) is 17.0. The van der Waals surface area contributed by atoms with E-state index in [1.165, 1.54) is 0 Å². The second kappa shape index (κ2) is 8.74. The Labute approximate surface area is 136 Å². The standard InChI is InChI=1S/C19H20N2O2/c1-23-18-6-2-5-17(12-18)19(14-22)21-11-3-4-15-7-9-16(13-20)10-8-15/h2-10,12,19,21-22H,11,14H2,1H3/b4-3+. The van der Waals surface area contributed by atoms with Crippen LogP contribution in [0.3, 0.4) is 0 Å². The zero-order valence-corrected chi connectivity index (χ0v) is 13.1. The van der Waals surface area contributed by atoms with Gasteiger partial charge in [0.05, 0.1) is 31.4 Å². The van der Waals surface area contributed by atoms with Gasteiger partial charge < -0.3 is 15.2 Å². The first kappa shape index (κ1) is 16.8. The van der Waals surface area contributed by atoms with E-state index in [0.29, 0.717) is 12.1 Å². The molecule has 0 aliphatic rings. The molecule has 4 heteroatoms. The Morgan fingerprint density at radius 3 is 2.70 bits per heavy atom. The predicted octanol–water partition coefficient (Wildman–Crippen LogP) is 2.90. The van der Waals surface area contributed by atoms with Crippen LogP contribution in [0.4, 0.5) is 0 Å². The average molecular weight is 308 g/mol. The van der Waals surface area contributed by atoms with E-state index in [0.717, 1.165) is 16.9 Å². The smallest absolute Gasteiger partial charge is 0.119 e. The van der Waals surface area contributed by atoms with Crippen molar-refractivity contribution in [2.45, 2.75) is 6.04 Å². The number of aliphatic hydroxyl groups is 1. The normalized spacial score (nSPS) is 12.0. The van der Waals surface area contributed by atoms with Gasteiger partial charge in [0.25, 0.3) is 0 Å². The molecule has 1 unspecified atom stereocenters. The van der Waals surface area contributed by atoms with E-state index in [9.17, 15) is 5.11 Å². The third-order valence-electron chi connectivity index (χ3n) is 3.51. The highest BCUT2D eigenvalue weighted by molar-refractivity contribution is 5.51. The van der Waals surface area contributed by atoms with Crippen molar-refractivity contribution in [2.24, 2.45) is 0 Å². The van der Waals surface area contributed by atoms with Crippen LogP contribution in [-0.4, -0.2) is 25.4 Å². The van der Waals surface area contributed by atoms with E-state index in [4.69, 9.17) is 10.00 Å². The van der Waals surface area contributed by atoms with Gasteiger partial charge in [-0.15, -0.1) is 0 Å². The lowest BCUT2D eigenvalue weighted by molar-refractivity contribution is 0.247. The summed E-state index contributed by atoms with van der Waals surface area (Å²) in [4.78, 5) is 0. The Morgan fingerprint density at radius 2 is 2.04 bits per heavy atom. The van der Waals surface area contributed by atoms with Crippen molar-refractivity contribution in [3.8, 4) is 11.8 Å². The fourth-order valence-corrected chi connectivity index (χ4v) is 2.22. The van der Waals surface area contributed by atoms with Gasteiger partial charge in [-0.1, -0.05) is 36.4 Å². The minimum Gasteiger partial charge on any atom is -0.497 e. The molecule has 0 amide bonds. The number of rotatable bonds is 7. The molecule has 2 N–H and O–H groups in total. The highest BCUT2D eigenvalue weighted by Gasteiger charge is 2.09. The van der Waals surface area contributed by atoms with E-state index in [1.807, 2.05) is 48.6 Å². The quantitative estimate of drug-likeness (QED) is 0.825. The lowest BCUT2D eigenvalue weighted by atomic mass is 10.1. The van der Waals surface area contributed by atoms with Crippen LogP contribution in [0, 0.1) is 11.3 Å². The molecular formula is C19H20N2O2. The van der Waals surface area contributed by atoms with Gasteiger partial charge in [-0.2, -0.15) is 5.26 Å². The minimum atomic E-state index is -0.143. The van der Waals surface area contributed by atoms with Gasteiger partial charge in [0.15, 0.2) is 0 Å². The number of nitriles is 1. The summed E-state index contributed by atoms with van der Waals surface area (Å²) < 4.78 is 5.21. The second-order valence-electron chi connectivity index (χ2n) is 5.06. The van der Waals surface area contributed by atoms with Crippen LogP contribution >= 0.6 is 0 Å². The maximum Gasteiger partial charge on any atom is 0.119 e. The van der Waals surface area contributed by atoms with Gasteiger partial charge in [0.2, 0.25) is 0 Å². The molecule has 2 aromatic rings. The monoisotopic (exact) mass is 308 g/mol. The molecule has 0 fully saturated rings. The van der Waals surface area contributed by atoms with Crippen molar-refractivity contribution in [1.29, 1.82) is 5.26 Å². The van der Waals surface area contributed by atoms with Crippen LogP contribution in [0.25, 0.3) is 6.08 Å². The number of nitrogens with zero attached hydrogens (tertiary/aromatic N) is 1. The van der Waals surface area contributed by atoms with Gasteiger partial charge in [-0.05, 0) is 35.4 Å². The molecule has 0 saturated carbocycles. The fourth-order valence-electron chi connectivity index (χ4n) is 2.22. The molecule has 2 rings (SSSR count). The van der Waals surface area contributed by atoms with Gasteiger partial charge in [-0.3, -0.25) is 0 Å². The highest BCUT2D eigenvalue weighted by atomic mass is 16.5. The third-order valence-corrected chi connectivity index (χ3v) is 3.51. The molecule has 0 radical (unpaired) electrons. The van der Waals surface area contributed by atoms with E-state index >= 15 is 0 Å². The van der Waals surface area contributed by atoms with Crippen LogP contribution in [0.2, 0.25) is 0 Å². The molecule has 0 saturated heterocycles. The number of ether oxygens (including phenoxy) is 1. The predicted molar refractivity (Wildman–Crippen MR) is 91.0 cm³/mol. The number of benzene rings is 2. The molecular weight excluding hydrogens is 288 g/mol. The highest BCUT2D eigenvalue weighted by Crippen LogP contribution is 2.18. The van der Waals surface area contributed by atoms with E-state index in [1.54, 1.807) is 19.2 Å². The first-order chi connectivity index (χ1) is 11.3. The topological polar surface area (TPSA) is 65.3 Å². The Balaban J connectivity index is 1.92. The molecule has 2 aromatic carbocycles. The van der Waals surface area contributed by atoms with Crippen molar-refractivity contribution < 1.29 is 9.84 Å². The molecule has 0 aliphatic carbocycles. The lowest BCUT2D eigenvalue weighted by Crippen LogP contribution is -2.24. The molecule has 4 nitrogen and oxygen atoms in total. The summed E-state index contributed by atoms with van der Waals surface area (Å²) in [7, 11) is 1.63. The summed E-state index contributed by atoms with van der Waals surface area (Å²) in [5.74, 6) is 0.774. The van der Waals surface area contributed by atoms with Gasteiger partial charge in [0, 0.05) is 6.54 Å². The SMILES string of the molecule is COc1cccc(C(CO)NC/C=C/c2ccc(C#N)cc2)c1. The van der Waals surface area contributed by atoms with Gasteiger partial charge >= 0.3 is 0 Å². The number of hydrogen-bond donors (Lipinski definition) is 2. The van der Waals surface area contributed by atoms with Gasteiger partial charge in [0.1, 0.15) is 5.75 Å². The number of aliphatic hydroxyl groups excluding tert-OH is 1. The second-order valence-corrected chi connectivity index (χ2v) is 5.06. The maximum atomic E-state index is 9.56. The number of nitrogens with one attached hydrogen (secondary N) is 1. The van der Waals surface area contributed by atoms with Crippen LogP contribution in [-0.2, 0) is 0 Å². The van der Waals surface area contributed by atoms with Crippen molar-refractivity contribution >= 4 is 6.08 Å². The zero-order chi connectivity index (χ0) is 16.5. The van der Waals surface area contributed by atoms with Crippen LogP contribution in [0.5, 0.6) is 5.75 Å². The minimum absolute atomic E-state index is 0.0118. The Hall–Kier alpha value is -2.61. The molecule has 0 spiro atoms. The third kappa shape index (κ3) is 4.96. The van der Waals surface area contributed by atoms with E-state index < -0.39 is 0 Å². The summed E-state index contributed by atoms with van der Waals surface area (Å²) in [5.41, 5.74) is 2.67. The first-order valence-corrected chi connectivity index (χ1v) is 7.41. The Kier molecular flexibility index (Phi) is 6.37. The van der Waals surface area contributed by atoms with E-state index in [2.05, 4.69) is 11.4 Å². The summed E-state index contributed by atoms with van der Waals surface area (Å²) in [6.07, 6.45) is 3.97. The summed E-state index contributed by atoms with van der Waals surface area (Å²) >= 11 is 0. The van der Waals surface area contributed by atoms with Crippen molar-refractivity contribution in [3.05, 3.63) is 71.3 Å². The van der Waals surface area contributed by atoms with E-state index in [-0.39, 0.29) is 12.6 Å². The van der Waals surface area contributed by atoms with Crippen LogP contribution < -0.4 is 10.1 Å². The Bertz CT molecular complexity index is 687. The van der Waals surface area contributed by atoms with Crippen molar-refractivity contribution in [2.75, 3.05) is 20.3 Å². The van der Waals surface area contributed by atoms with Crippen molar-refractivity contribution in [1.82, 2.24) is 5.32 Å². The van der Waals surface area contributed by atoms with Gasteiger partial charge in [-0.25, -0.2) is 0 Å². The molecule has 1 atom stereocenters. The molecule has 0 heterocycles. The molecule has 23 heavy (non-hydrogen) atoms. The van der Waals surface area contributed by atoms with Crippen LogP contribution in [0.15, 0.2) is 54.6 Å². The largest absolute Gasteiger partial charge is 0.497 e. The maximum absolute atomic E-state index is 9.56. The molecule has 0 aliphatic heterocycles. The summed E-state index contributed by atoms with van der Waals surface area (Å²) in [6.45, 7) is 0.639. The lowest BCUT2D eigenvalue weighted by Gasteiger charge is -2.16.